The molecule has 0 aliphatic carbocycles. The molecule has 2 aromatic carbocycles. The fraction of sp³-hybridized carbons (Fsp3) is 0.118. The Morgan fingerprint density at radius 1 is 0.917 bits per heavy atom. The van der Waals surface area contributed by atoms with Crippen LogP contribution in [0.2, 0.25) is 0 Å². The molecule has 0 atom stereocenters. The molecule has 0 N–H and O–H groups in total. The van der Waals surface area contributed by atoms with Gasteiger partial charge < -0.3 is 4.74 Å². The van der Waals surface area contributed by atoms with Crippen molar-refractivity contribution in [2.75, 3.05) is 7.11 Å². The lowest BCUT2D eigenvalue weighted by Gasteiger charge is -2.17. The van der Waals surface area contributed by atoms with Crippen molar-refractivity contribution in [2.24, 2.45) is 0 Å². The van der Waals surface area contributed by atoms with Crippen LogP contribution >= 0.6 is 0 Å². The maximum atomic E-state index is 8.49. The van der Waals surface area contributed by atoms with Gasteiger partial charge in [0.25, 0.3) is 0 Å². The predicted octanol–water partition coefficient (Wildman–Crippen LogP) is -0.0581. The zero-order chi connectivity index (χ0) is 17.7. The summed E-state index contributed by atoms with van der Waals surface area (Å²) in [4.78, 5) is 0. The molecule has 3 aromatic rings. The van der Waals surface area contributed by atoms with Crippen molar-refractivity contribution < 1.29 is 38.0 Å². The molecule has 6 nitrogen and oxygen atoms in total. The summed E-state index contributed by atoms with van der Waals surface area (Å²) in [6.07, 6.45) is 0. The van der Waals surface area contributed by atoms with Crippen LogP contribution in [0.15, 0.2) is 59.0 Å². The van der Waals surface area contributed by atoms with E-state index in [1.165, 1.54) is 5.39 Å². The van der Waals surface area contributed by atoms with Crippen LogP contribution in [0.1, 0.15) is 5.76 Å². The molecule has 1 aromatic heterocycles. The van der Waals surface area contributed by atoms with Crippen molar-refractivity contribution in [2.45, 2.75) is 6.92 Å². The molecule has 0 spiro atoms. The van der Waals surface area contributed by atoms with Crippen LogP contribution in [-0.4, -0.2) is 7.11 Å². The molecule has 7 heteroatoms. The van der Waals surface area contributed by atoms with E-state index >= 15 is 0 Å². The summed E-state index contributed by atoms with van der Waals surface area (Å²) < 4.78 is 45.0. The van der Waals surface area contributed by atoms with Crippen LogP contribution in [-0.2, 0) is 0 Å². The zero-order valence-electron chi connectivity index (χ0n) is 13.0. The molecule has 0 saturated carbocycles. The Morgan fingerprint density at radius 3 is 2.08 bits per heavy atom. The Labute approximate surface area is 140 Å². The summed E-state index contributed by atoms with van der Waals surface area (Å²) in [6, 6.07) is 18.2. The standard InChI is InChI=1S/C17H15O2.ClHO4/c1-12-16-6-4-3-5-14(16)11-17(19-12)13-7-9-15(18-2)10-8-13;2-1(3,4)5/h3-11H,1-2H3;(H,2,3,4,5)/q+1;/p-1. The zero-order valence-corrected chi connectivity index (χ0v) is 13.8. The molecule has 0 amide bonds. The molecular weight excluding hydrogens is 336 g/mol. The van der Waals surface area contributed by atoms with Gasteiger partial charge in [-0.25, -0.2) is 23.1 Å². The first kappa shape index (κ1) is 18.1. The van der Waals surface area contributed by atoms with Crippen molar-refractivity contribution in [3.63, 3.8) is 0 Å². The van der Waals surface area contributed by atoms with Crippen LogP contribution in [0.5, 0.6) is 5.75 Å². The van der Waals surface area contributed by atoms with Crippen molar-refractivity contribution in [3.05, 3.63) is 60.4 Å². The smallest absolute Gasteiger partial charge is 0.360 e. The van der Waals surface area contributed by atoms with Gasteiger partial charge in [0.15, 0.2) is 0 Å². The highest BCUT2D eigenvalue weighted by Crippen LogP contribution is 2.28. The second kappa shape index (κ2) is 7.57. The molecule has 3 rings (SSSR count). The third-order valence-electron chi connectivity index (χ3n) is 3.26. The van der Waals surface area contributed by atoms with Gasteiger partial charge in [0.05, 0.1) is 31.0 Å². The maximum absolute atomic E-state index is 8.49. The van der Waals surface area contributed by atoms with E-state index in [9.17, 15) is 0 Å². The number of aryl methyl sites for hydroxylation is 1. The number of rotatable bonds is 2. The van der Waals surface area contributed by atoms with E-state index in [4.69, 9.17) is 27.8 Å². The van der Waals surface area contributed by atoms with Crippen LogP contribution < -0.4 is 23.4 Å². The van der Waals surface area contributed by atoms with Gasteiger partial charge in [-0.05, 0) is 30.3 Å². The van der Waals surface area contributed by atoms with E-state index in [-0.39, 0.29) is 0 Å². The second-order valence-electron chi connectivity index (χ2n) is 4.86. The van der Waals surface area contributed by atoms with Crippen molar-refractivity contribution in [1.82, 2.24) is 0 Å². The summed E-state index contributed by atoms with van der Waals surface area (Å²) in [7, 11) is -3.28. The van der Waals surface area contributed by atoms with E-state index < -0.39 is 10.2 Å². The van der Waals surface area contributed by atoms with Crippen molar-refractivity contribution in [1.29, 1.82) is 0 Å². The van der Waals surface area contributed by atoms with Gasteiger partial charge in [0, 0.05) is 5.39 Å². The quantitative estimate of drug-likeness (QED) is 0.598. The molecule has 0 aliphatic rings. The van der Waals surface area contributed by atoms with E-state index in [1.807, 2.05) is 43.3 Å². The van der Waals surface area contributed by atoms with Crippen LogP contribution in [0.25, 0.3) is 22.1 Å². The molecule has 24 heavy (non-hydrogen) atoms. The van der Waals surface area contributed by atoms with E-state index in [0.717, 1.165) is 28.2 Å². The van der Waals surface area contributed by atoms with Gasteiger partial charge in [0.1, 0.15) is 5.75 Å². The van der Waals surface area contributed by atoms with Gasteiger partial charge >= 0.3 is 11.5 Å². The van der Waals surface area contributed by atoms with Gasteiger partial charge in [-0.3, -0.25) is 0 Å². The molecule has 0 unspecified atom stereocenters. The number of benzene rings is 2. The maximum Gasteiger partial charge on any atom is 0.360 e. The first-order chi connectivity index (χ1) is 11.3. The van der Waals surface area contributed by atoms with E-state index in [1.54, 1.807) is 7.11 Å². The minimum Gasteiger partial charge on any atom is -0.497 e. The minimum absolute atomic E-state index is 0.848. The molecule has 0 bridgehead atoms. The minimum atomic E-state index is -4.94. The molecule has 1 heterocycles. The Morgan fingerprint density at radius 2 is 1.50 bits per heavy atom. The second-order valence-corrected chi connectivity index (χ2v) is 5.62. The lowest BCUT2D eigenvalue weighted by atomic mass is 10.1. The molecular formula is C17H15ClO6. The number of halogens is 1. The highest BCUT2D eigenvalue weighted by atomic mass is 35.7. The third-order valence-corrected chi connectivity index (χ3v) is 3.26. The Bertz CT molecular complexity index is 805. The van der Waals surface area contributed by atoms with Gasteiger partial charge in [0.2, 0.25) is 0 Å². The van der Waals surface area contributed by atoms with Crippen molar-refractivity contribution in [3.8, 4) is 17.1 Å². The fourth-order valence-corrected chi connectivity index (χ4v) is 2.23. The fourth-order valence-electron chi connectivity index (χ4n) is 2.23. The lowest BCUT2D eigenvalue weighted by molar-refractivity contribution is -2.00. The average molecular weight is 351 g/mol. The topological polar surface area (TPSA) is 113 Å². The Balaban J connectivity index is 0.000000368. The SMILES string of the molecule is COc1ccc(-c2cc3ccccc3c(C)[o+]2)cc1.[O-][Cl+3]([O-])([O-])[O-]. The number of hydrogen-bond donors (Lipinski definition) is 0. The van der Waals surface area contributed by atoms with Crippen molar-refractivity contribution >= 4 is 10.8 Å². The van der Waals surface area contributed by atoms with E-state index in [2.05, 4.69) is 18.2 Å². The van der Waals surface area contributed by atoms with E-state index in [0.29, 0.717) is 0 Å². The first-order valence-corrected chi connectivity index (χ1v) is 8.10. The summed E-state index contributed by atoms with van der Waals surface area (Å²) in [5.74, 6) is 2.66. The van der Waals surface area contributed by atoms with Crippen LogP contribution in [0, 0.1) is 17.2 Å². The largest absolute Gasteiger partial charge is 0.497 e. The highest BCUT2D eigenvalue weighted by Gasteiger charge is 2.16. The average Bonchev–Trinajstić information content (AvgIpc) is 2.53. The first-order valence-electron chi connectivity index (χ1n) is 6.86. The van der Waals surface area contributed by atoms with Gasteiger partial charge in [-0.1, -0.05) is 18.2 Å². The van der Waals surface area contributed by atoms with Gasteiger partial charge in [-0.2, -0.15) is 0 Å². The van der Waals surface area contributed by atoms with Crippen LogP contribution in [0.3, 0.4) is 0 Å². The monoisotopic (exact) mass is 350 g/mol. The molecule has 0 saturated heterocycles. The predicted molar refractivity (Wildman–Crippen MR) is 77.3 cm³/mol. The molecule has 0 aliphatic heterocycles. The summed E-state index contributed by atoms with van der Waals surface area (Å²) in [5.41, 5.74) is 1.05. The van der Waals surface area contributed by atoms with Crippen LogP contribution in [0.4, 0.5) is 0 Å². The third kappa shape index (κ3) is 5.16. The molecule has 126 valence electrons. The normalized spacial score (nSPS) is 10.9. The van der Waals surface area contributed by atoms with Gasteiger partial charge in [-0.15, -0.1) is 10.2 Å². The summed E-state index contributed by atoms with van der Waals surface area (Å²) in [6.45, 7) is 2.00. The summed E-state index contributed by atoms with van der Waals surface area (Å²) >= 11 is 0. The molecule has 0 radical (unpaired) electrons. The number of fused-ring (bicyclic) bond motifs is 1. The number of methoxy groups -OCH3 is 1. The Kier molecular flexibility index (Phi) is 5.71. The lowest BCUT2D eigenvalue weighted by Crippen LogP contribution is -2.68. The number of ether oxygens (including phenoxy) is 1. The highest BCUT2D eigenvalue weighted by molar-refractivity contribution is 5.86. The Hall–Kier alpha value is -2.22. The number of hydrogen-bond acceptors (Lipinski definition) is 5. The summed E-state index contributed by atoms with van der Waals surface area (Å²) in [5, 5.41) is 2.34. The molecule has 0 fully saturated rings.